The first-order valence-corrected chi connectivity index (χ1v) is 6.53. The van der Waals surface area contributed by atoms with E-state index in [1.807, 2.05) is 32.0 Å². The first-order valence-electron chi connectivity index (χ1n) is 6.53. The predicted molar refractivity (Wildman–Crippen MR) is 75.4 cm³/mol. The lowest BCUT2D eigenvalue weighted by molar-refractivity contribution is 0.549. The highest BCUT2D eigenvalue weighted by Crippen LogP contribution is 2.24. The molecule has 1 N–H and O–H groups in total. The zero-order valence-electron chi connectivity index (χ0n) is 11.2. The van der Waals surface area contributed by atoms with Crippen LogP contribution in [-0.2, 0) is 12.8 Å². The Morgan fingerprint density at radius 1 is 1.11 bits per heavy atom. The van der Waals surface area contributed by atoms with Crippen molar-refractivity contribution in [3.05, 3.63) is 39.7 Å². The first kappa shape index (κ1) is 12.7. The van der Waals surface area contributed by atoms with Crippen molar-refractivity contribution < 1.29 is 4.42 Å². The Balaban J connectivity index is 2.71. The van der Waals surface area contributed by atoms with Gasteiger partial charge >= 0.3 is 5.63 Å². The van der Waals surface area contributed by atoms with Crippen molar-refractivity contribution in [1.29, 1.82) is 0 Å². The molecule has 0 aliphatic carbocycles. The summed E-state index contributed by atoms with van der Waals surface area (Å²) in [6.45, 7) is 6.96. The molecule has 1 aromatic heterocycles. The Hall–Kier alpha value is -1.77. The zero-order chi connectivity index (χ0) is 13.1. The predicted octanol–water partition coefficient (Wildman–Crippen LogP) is 3.35. The van der Waals surface area contributed by atoms with Gasteiger partial charge in [-0.25, -0.2) is 4.79 Å². The fourth-order valence-electron chi connectivity index (χ4n) is 2.38. The van der Waals surface area contributed by atoms with Crippen molar-refractivity contribution in [3.63, 3.8) is 0 Å². The topological polar surface area (TPSA) is 42.2 Å². The highest BCUT2D eigenvalue weighted by atomic mass is 16.4. The average Bonchev–Trinajstić information content (AvgIpc) is 2.37. The normalized spacial score (nSPS) is 10.8. The van der Waals surface area contributed by atoms with E-state index in [-0.39, 0.29) is 5.63 Å². The van der Waals surface area contributed by atoms with Gasteiger partial charge < -0.3 is 9.73 Å². The van der Waals surface area contributed by atoms with E-state index >= 15 is 0 Å². The van der Waals surface area contributed by atoms with Crippen LogP contribution in [0.1, 0.15) is 31.9 Å². The minimum Gasteiger partial charge on any atom is -0.422 e. The number of hydrogen-bond acceptors (Lipinski definition) is 3. The summed E-state index contributed by atoms with van der Waals surface area (Å²) in [7, 11) is 0. The molecule has 1 heterocycles. The summed E-state index contributed by atoms with van der Waals surface area (Å²) in [6, 6.07) is 5.97. The number of anilines is 1. The average molecular weight is 245 g/mol. The van der Waals surface area contributed by atoms with E-state index in [1.54, 1.807) is 0 Å². The number of fused-ring (bicyclic) bond motifs is 1. The van der Waals surface area contributed by atoms with Crippen LogP contribution in [-0.4, -0.2) is 6.54 Å². The molecule has 96 valence electrons. The largest absolute Gasteiger partial charge is 0.422 e. The van der Waals surface area contributed by atoms with E-state index in [4.69, 9.17) is 4.42 Å². The van der Waals surface area contributed by atoms with Gasteiger partial charge in [0.1, 0.15) is 5.58 Å². The molecule has 0 amide bonds. The van der Waals surface area contributed by atoms with Gasteiger partial charge in [-0.2, -0.15) is 0 Å². The minimum absolute atomic E-state index is 0.199. The van der Waals surface area contributed by atoms with Crippen LogP contribution in [0.25, 0.3) is 11.0 Å². The van der Waals surface area contributed by atoms with Crippen molar-refractivity contribution in [1.82, 2.24) is 0 Å². The van der Waals surface area contributed by atoms with Crippen LogP contribution in [0.4, 0.5) is 5.69 Å². The second-order valence-corrected chi connectivity index (χ2v) is 4.30. The van der Waals surface area contributed by atoms with Crippen molar-refractivity contribution >= 4 is 16.7 Å². The molecular formula is C15H19NO2. The summed E-state index contributed by atoms with van der Waals surface area (Å²) in [4.78, 5) is 11.9. The van der Waals surface area contributed by atoms with Crippen LogP contribution in [0, 0.1) is 0 Å². The second kappa shape index (κ2) is 5.25. The highest BCUT2D eigenvalue weighted by molar-refractivity contribution is 5.84. The number of nitrogens with one attached hydrogen (secondary N) is 1. The molecule has 2 rings (SSSR count). The lowest BCUT2D eigenvalue weighted by Crippen LogP contribution is -2.10. The van der Waals surface area contributed by atoms with Crippen LogP contribution in [0.3, 0.4) is 0 Å². The van der Waals surface area contributed by atoms with Crippen molar-refractivity contribution in [2.45, 2.75) is 33.6 Å². The molecule has 0 unspecified atom stereocenters. The van der Waals surface area contributed by atoms with Gasteiger partial charge in [0.2, 0.25) is 0 Å². The van der Waals surface area contributed by atoms with Gasteiger partial charge in [0.25, 0.3) is 0 Å². The summed E-state index contributed by atoms with van der Waals surface area (Å²) in [5.41, 5.74) is 3.38. The van der Waals surface area contributed by atoms with Crippen molar-refractivity contribution in [3.8, 4) is 0 Å². The van der Waals surface area contributed by atoms with Gasteiger partial charge in [0.15, 0.2) is 0 Å². The molecule has 2 aromatic rings. The quantitative estimate of drug-likeness (QED) is 0.840. The molecule has 0 spiro atoms. The SMILES string of the molecule is CCNc1ccc2c(CC)c(CC)c(=O)oc2c1. The molecule has 0 radical (unpaired) electrons. The monoisotopic (exact) mass is 245 g/mol. The van der Waals surface area contributed by atoms with Gasteiger partial charge in [-0.05, 0) is 37.5 Å². The van der Waals surface area contributed by atoms with Crippen LogP contribution in [0.15, 0.2) is 27.4 Å². The summed E-state index contributed by atoms with van der Waals surface area (Å²) < 4.78 is 5.42. The molecule has 3 heteroatoms. The van der Waals surface area contributed by atoms with Crippen LogP contribution >= 0.6 is 0 Å². The molecule has 1 aromatic carbocycles. The molecule has 18 heavy (non-hydrogen) atoms. The van der Waals surface area contributed by atoms with E-state index in [1.165, 1.54) is 0 Å². The molecule has 0 bridgehead atoms. The Bertz CT molecular complexity index is 614. The molecule has 0 fully saturated rings. The lowest BCUT2D eigenvalue weighted by atomic mass is 10.0. The number of aryl methyl sites for hydroxylation is 1. The zero-order valence-corrected chi connectivity index (χ0v) is 11.2. The minimum atomic E-state index is -0.199. The third-order valence-electron chi connectivity index (χ3n) is 3.21. The van der Waals surface area contributed by atoms with Gasteiger partial charge in [0.05, 0.1) is 0 Å². The Kier molecular flexibility index (Phi) is 3.70. The molecule has 0 saturated heterocycles. The highest BCUT2D eigenvalue weighted by Gasteiger charge is 2.11. The fraction of sp³-hybridized carbons (Fsp3) is 0.400. The third kappa shape index (κ3) is 2.13. The van der Waals surface area contributed by atoms with E-state index < -0.39 is 0 Å². The molecule has 0 aliphatic heterocycles. The number of hydrogen-bond donors (Lipinski definition) is 1. The molecule has 0 saturated carbocycles. The maximum atomic E-state index is 11.9. The second-order valence-electron chi connectivity index (χ2n) is 4.30. The van der Waals surface area contributed by atoms with E-state index in [2.05, 4.69) is 12.2 Å². The van der Waals surface area contributed by atoms with Gasteiger partial charge in [0, 0.05) is 29.2 Å². The molecule has 0 atom stereocenters. The Labute approximate surface area is 107 Å². The molecule has 3 nitrogen and oxygen atoms in total. The van der Waals surface area contributed by atoms with Crippen molar-refractivity contribution in [2.75, 3.05) is 11.9 Å². The Morgan fingerprint density at radius 2 is 1.83 bits per heavy atom. The van der Waals surface area contributed by atoms with E-state index in [9.17, 15) is 4.79 Å². The van der Waals surface area contributed by atoms with Crippen LogP contribution < -0.4 is 10.9 Å². The first-order chi connectivity index (χ1) is 8.71. The lowest BCUT2D eigenvalue weighted by Gasteiger charge is -2.10. The van der Waals surface area contributed by atoms with E-state index in [0.717, 1.165) is 41.6 Å². The van der Waals surface area contributed by atoms with E-state index in [0.29, 0.717) is 5.58 Å². The summed E-state index contributed by atoms with van der Waals surface area (Å²) in [5, 5.41) is 4.27. The molecule has 0 aliphatic rings. The Morgan fingerprint density at radius 3 is 2.44 bits per heavy atom. The number of benzene rings is 1. The molecular weight excluding hydrogens is 226 g/mol. The fourth-order valence-corrected chi connectivity index (χ4v) is 2.38. The van der Waals surface area contributed by atoms with Gasteiger partial charge in [-0.1, -0.05) is 13.8 Å². The van der Waals surface area contributed by atoms with Crippen LogP contribution in [0.2, 0.25) is 0 Å². The van der Waals surface area contributed by atoms with Gasteiger partial charge in [-0.3, -0.25) is 0 Å². The van der Waals surface area contributed by atoms with Crippen LogP contribution in [0.5, 0.6) is 0 Å². The standard InChI is InChI=1S/C15H19NO2/c1-4-11-12(5-2)15(17)18-14-9-10(16-6-3)7-8-13(11)14/h7-9,16H,4-6H2,1-3H3. The van der Waals surface area contributed by atoms with Gasteiger partial charge in [-0.15, -0.1) is 0 Å². The summed E-state index contributed by atoms with van der Waals surface area (Å²) in [6.07, 6.45) is 1.57. The summed E-state index contributed by atoms with van der Waals surface area (Å²) in [5.74, 6) is 0. The van der Waals surface area contributed by atoms with Crippen molar-refractivity contribution in [2.24, 2.45) is 0 Å². The number of rotatable bonds is 4. The summed E-state index contributed by atoms with van der Waals surface area (Å²) >= 11 is 0. The maximum absolute atomic E-state index is 11.9. The smallest absolute Gasteiger partial charge is 0.339 e. The third-order valence-corrected chi connectivity index (χ3v) is 3.21. The maximum Gasteiger partial charge on any atom is 0.339 e.